The molecule has 0 saturated carbocycles. The molecule has 0 fully saturated rings. The molecule has 1 heterocycles. The Morgan fingerprint density at radius 3 is 2.47 bits per heavy atom. The SMILES string of the molecule is CCCOC(=O)c1ccccc1NC(=O)c1cccc(NC2=C(Cl)C(=O)N(c3cc(C)ccc3C)C2=O)c1. The Labute approximate surface area is 225 Å². The van der Waals surface area contributed by atoms with Gasteiger partial charge in [-0.1, -0.05) is 48.9 Å². The molecule has 1 aliphatic rings. The zero-order valence-corrected chi connectivity index (χ0v) is 21.9. The van der Waals surface area contributed by atoms with E-state index in [1.807, 2.05) is 26.0 Å². The van der Waals surface area contributed by atoms with E-state index in [1.54, 1.807) is 55.5 Å². The number of esters is 1. The molecule has 3 aromatic carbocycles. The van der Waals surface area contributed by atoms with Crippen molar-refractivity contribution in [1.82, 2.24) is 0 Å². The van der Waals surface area contributed by atoms with Gasteiger partial charge in [-0.3, -0.25) is 14.4 Å². The highest BCUT2D eigenvalue weighted by atomic mass is 35.5. The van der Waals surface area contributed by atoms with Gasteiger partial charge in [0.2, 0.25) is 0 Å². The molecule has 3 amide bonds. The molecule has 0 unspecified atom stereocenters. The molecule has 9 heteroatoms. The van der Waals surface area contributed by atoms with Crippen LogP contribution in [-0.4, -0.2) is 30.3 Å². The van der Waals surface area contributed by atoms with Gasteiger partial charge < -0.3 is 15.4 Å². The van der Waals surface area contributed by atoms with Crippen molar-refractivity contribution in [3.63, 3.8) is 0 Å². The fraction of sp³-hybridized carbons (Fsp3) is 0.172. The van der Waals surface area contributed by atoms with Crippen molar-refractivity contribution in [2.75, 3.05) is 22.1 Å². The quantitative estimate of drug-likeness (QED) is 0.291. The van der Waals surface area contributed by atoms with Crippen LogP contribution in [0.4, 0.5) is 17.1 Å². The molecule has 0 saturated heterocycles. The summed E-state index contributed by atoms with van der Waals surface area (Å²) in [5.74, 6) is -2.23. The second-order valence-electron chi connectivity index (χ2n) is 8.77. The molecular formula is C29H26ClN3O5. The summed E-state index contributed by atoms with van der Waals surface area (Å²) in [7, 11) is 0. The molecule has 8 nitrogen and oxygen atoms in total. The number of ether oxygens (including phenoxy) is 1. The summed E-state index contributed by atoms with van der Waals surface area (Å²) in [5.41, 5.74) is 3.20. The number of aryl methyl sites for hydroxylation is 2. The van der Waals surface area contributed by atoms with Crippen LogP contribution < -0.4 is 15.5 Å². The average molecular weight is 532 g/mol. The van der Waals surface area contributed by atoms with E-state index in [0.717, 1.165) is 16.0 Å². The number of carbonyl (C=O) groups is 4. The van der Waals surface area contributed by atoms with Crippen LogP contribution in [-0.2, 0) is 14.3 Å². The number of carbonyl (C=O) groups excluding carboxylic acids is 4. The fourth-order valence-electron chi connectivity index (χ4n) is 3.91. The zero-order chi connectivity index (χ0) is 27.4. The number of nitrogens with zero attached hydrogens (tertiary/aromatic N) is 1. The van der Waals surface area contributed by atoms with Gasteiger partial charge in [0, 0.05) is 11.3 Å². The zero-order valence-electron chi connectivity index (χ0n) is 21.1. The number of hydrogen-bond acceptors (Lipinski definition) is 6. The van der Waals surface area contributed by atoms with Gasteiger partial charge in [0.05, 0.1) is 23.5 Å². The molecule has 0 atom stereocenters. The number of nitrogens with one attached hydrogen (secondary N) is 2. The van der Waals surface area contributed by atoms with E-state index in [0.29, 0.717) is 23.5 Å². The van der Waals surface area contributed by atoms with Crippen molar-refractivity contribution in [2.24, 2.45) is 0 Å². The third-order valence-corrected chi connectivity index (χ3v) is 6.21. The Morgan fingerprint density at radius 2 is 1.71 bits per heavy atom. The summed E-state index contributed by atoms with van der Waals surface area (Å²) in [6, 6.07) is 18.4. The highest BCUT2D eigenvalue weighted by Crippen LogP contribution is 2.32. The molecule has 3 aromatic rings. The van der Waals surface area contributed by atoms with E-state index >= 15 is 0 Å². The first kappa shape index (κ1) is 26.6. The van der Waals surface area contributed by atoms with Crippen molar-refractivity contribution in [2.45, 2.75) is 27.2 Å². The molecule has 2 N–H and O–H groups in total. The van der Waals surface area contributed by atoms with Gasteiger partial charge in [0.15, 0.2) is 0 Å². The highest BCUT2D eigenvalue weighted by Gasteiger charge is 2.39. The lowest BCUT2D eigenvalue weighted by molar-refractivity contribution is -0.120. The van der Waals surface area contributed by atoms with E-state index in [-0.39, 0.29) is 28.5 Å². The van der Waals surface area contributed by atoms with Gasteiger partial charge in [-0.2, -0.15) is 0 Å². The molecule has 4 rings (SSSR count). The lowest BCUT2D eigenvalue weighted by Crippen LogP contribution is -2.33. The number of imide groups is 1. The van der Waals surface area contributed by atoms with E-state index in [9.17, 15) is 19.2 Å². The van der Waals surface area contributed by atoms with Gasteiger partial charge >= 0.3 is 5.97 Å². The van der Waals surface area contributed by atoms with Crippen molar-refractivity contribution in [3.05, 3.63) is 99.7 Å². The normalized spacial score (nSPS) is 13.1. The van der Waals surface area contributed by atoms with Crippen molar-refractivity contribution < 1.29 is 23.9 Å². The maximum atomic E-state index is 13.2. The Bertz CT molecular complexity index is 1480. The average Bonchev–Trinajstić information content (AvgIpc) is 3.12. The van der Waals surface area contributed by atoms with Crippen LogP contribution in [0.1, 0.15) is 45.2 Å². The number of benzene rings is 3. The third kappa shape index (κ3) is 5.45. The first-order chi connectivity index (χ1) is 18.2. The maximum absolute atomic E-state index is 13.2. The molecule has 0 spiro atoms. The topological polar surface area (TPSA) is 105 Å². The number of anilines is 3. The predicted molar refractivity (Wildman–Crippen MR) is 146 cm³/mol. The Hall–Kier alpha value is -4.43. The fourth-order valence-corrected chi connectivity index (χ4v) is 4.12. The lowest BCUT2D eigenvalue weighted by Gasteiger charge is -2.18. The first-order valence-corrected chi connectivity index (χ1v) is 12.4. The van der Waals surface area contributed by atoms with Crippen LogP contribution in [0.25, 0.3) is 0 Å². The highest BCUT2D eigenvalue weighted by molar-refractivity contribution is 6.53. The van der Waals surface area contributed by atoms with Crippen LogP contribution in [0.2, 0.25) is 0 Å². The summed E-state index contributed by atoms with van der Waals surface area (Å²) in [6.45, 7) is 5.83. The standard InChI is InChI=1S/C29H26ClN3O5/c1-4-14-38-29(37)21-10-5-6-11-22(21)32-26(34)19-8-7-9-20(16-19)31-25-24(30)27(35)33(28(25)36)23-15-17(2)12-13-18(23)3/h5-13,15-16,31H,4,14H2,1-3H3,(H,32,34). The largest absolute Gasteiger partial charge is 0.462 e. The van der Waals surface area contributed by atoms with E-state index in [1.165, 1.54) is 6.07 Å². The minimum absolute atomic E-state index is 0.0841. The molecule has 0 bridgehead atoms. The van der Waals surface area contributed by atoms with Crippen LogP contribution in [0.15, 0.2) is 77.5 Å². The lowest BCUT2D eigenvalue weighted by atomic mass is 10.1. The van der Waals surface area contributed by atoms with Gasteiger partial charge in [-0.05, 0) is 67.8 Å². The number of para-hydroxylation sites is 1. The number of halogens is 1. The van der Waals surface area contributed by atoms with Gasteiger partial charge in [-0.15, -0.1) is 0 Å². The van der Waals surface area contributed by atoms with Crippen molar-refractivity contribution in [1.29, 1.82) is 0 Å². The summed E-state index contributed by atoms with van der Waals surface area (Å²) < 4.78 is 5.20. The smallest absolute Gasteiger partial charge is 0.340 e. The molecule has 1 aliphatic heterocycles. The molecule has 0 aromatic heterocycles. The monoisotopic (exact) mass is 531 g/mol. The summed E-state index contributed by atoms with van der Waals surface area (Å²) >= 11 is 6.29. The Balaban J connectivity index is 1.54. The van der Waals surface area contributed by atoms with E-state index in [2.05, 4.69) is 10.6 Å². The van der Waals surface area contributed by atoms with Gasteiger partial charge in [-0.25, -0.2) is 9.69 Å². The van der Waals surface area contributed by atoms with Gasteiger partial charge in [0.25, 0.3) is 17.7 Å². The van der Waals surface area contributed by atoms with Crippen molar-refractivity contribution in [3.8, 4) is 0 Å². The summed E-state index contributed by atoms with van der Waals surface area (Å²) in [5, 5.41) is 5.39. The molecule has 0 radical (unpaired) electrons. The van der Waals surface area contributed by atoms with Crippen LogP contribution in [0, 0.1) is 13.8 Å². The first-order valence-electron chi connectivity index (χ1n) is 12.0. The number of rotatable bonds is 8. The predicted octanol–water partition coefficient (Wildman–Crippen LogP) is 5.56. The number of amides is 3. The summed E-state index contributed by atoms with van der Waals surface area (Å²) in [4.78, 5) is 52.5. The van der Waals surface area contributed by atoms with E-state index in [4.69, 9.17) is 16.3 Å². The second-order valence-corrected chi connectivity index (χ2v) is 9.14. The van der Waals surface area contributed by atoms with Crippen LogP contribution in [0.5, 0.6) is 0 Å². The molecule has 0 aliphatic carbocycles. The molecular weight excluding hydrogens is 506 g/mol. The minimum atomic E-state index is -0.631. The Kier molecular flexibility index (Phi) is 7.93. The molecule has 38 heavy (non-hydrogen) atoms. The minimum Gasteiger partial charge on any atom is -0.462 e. The third-order valence-electron chi connectivity index (χ3n) is 5.86. The van der Waals surface area contributed by atoms with Gasteiger partial charge in [0.1, 0.15) is 10.7 Å². The summed E-state index contributed by atoms with van der Waals surface area (Å²) in [6.07, 6.45) is 0.678. The van der Waals surface area contributed by atoms with E-state index < -0.39 is 23.7 Å². The van der Waals surface area contributed by atoms with Crippen LogP contribution >= 0.6 is 11.6 Å². The van der Waals surface area contributed by atoms with Crippen LogP contribution in [0.3, 0.4) is 0 Å². The Morgan fingerprint density at radius 1 is 0.947 bits per heavy atom. The maximum Gasteiger partial charge on any atom is 0.340 e. The second kappa shape index (κ2) is 11.3. The molecule has 194 valence electrons. The van der Waals surface area contributed by atoms with Crippen molar-refractivity contribution >= 4 is 52.4 Å². The number of hydrogen-bond donors (Lipinski definition) is 2.